The van der Waals surface area contributed by atoms with Gasteiger partial charge in [0.1, 0.15) is 6.33 Å². The average Bonchev–Trinajstić information content (AvgIpc) is 2.80. The highest BCUT2D eigenvalue weighted by atomic mass is 32.2. The van der Waals surface area contributed by atoms with E-state index in [1.54, 1.807) is 0 Å². The number of rotatable bonds is 4. The first kappa shape index (κ1) is 11.2. The molecular formula is C11H17N3O2S. The van der Waals surface area contributed by atoms with Crippen LogP contribution in [-0.2, 0) is 10.0 Å². The van der Waals surface area contributed by atoms with Gasteiger partial charge in [-0.1, -0.05) is 12.8 Å². The van der Waals surface area contributed by atoms with Crippen LogP contribution in [0, 0.1) is 5.92 Å². The molecule has 0 amide bonds. The van der Waals surface area contributed by atoms with E-state index in [1.807, 2.05) is 0 Å². The first-order chi connectivity index (χ1) is 8.15. The lowest BCUT2D eigenvalue weighted by Gasteiger charge is -2.08. The maximum absolute atomic E-state index is 12.1. The van der Waals surface area contributed by atoms with Crippen molar-refractivity contribution in [2.24, 2.45) is 5.92 Å². The number of nitrogens with zero attached hydrogens (tertiary/aromatic N) is 3. The van der Waals surface area contributed by atoms with Gasteiger partial charge in [0, 0.05) is 5.92 Å². The molecule has 0 radical (unpaired) electrons. The van der Waals surface area contributed by atoms with Gasteiger partial charge < -0.3 is 0 Å². The van der Waals surface area contributed by atoms with Gasteiger partial charge in [-0.3, -0.25) is 0 Å². The normalized spacial score (nSPS) is 22.1. The van der Waals surface area contributed by atoms with Crippen molar-refractivity contribution in [3.63, 3.8) is 0 Å². The van der Waals surface area contributed by atoms with Crippen LogP contribution in [0.15, 0.2) is 6.33 Å². The average molecular weight is 255 g/mol. The highest BCUT2D eigenvalue weighted by Gasteiger charge is 2.30. The van der Waals surface area contributed by atoms with Crippen molar-refractivity contribution in [3.8, 4) is 0 Å². The zero-order chi connectivity index (χ0) is 11.9. The maximum atomic E-state index is 12.1. The molecule has 6 heteroatoms. The van der Waals surface area contributed by atoms with Crippen LogP contribution in [0.5, 0.6) is 0 Å². The van der Waals surface area contributed by atoms with Crippen molar-refractivity contribution < 1.29 is 8.42 Å². The molecule has 3 rings (SSSR count). The van der Waals surface area contributed by atoms with Crippen LogP contribution in [-0.4, -0.2) is 28.3 Å². The van der Waals surface area contributed by atoms with E-state index in [0.717, 1.165) is 42.6 Å². The highest BCUT2D eigenvalue weighted by Crippen LogP contribution is 2.37. The van der Waals surface area contributed by atoms with E-state index >= 15 is 0 Å². The third-order valence-electron chi connectivity index (χ3n) is 3.64. The van der Waals surface area contributed by atoms with Gasteiger partial charge in [-0.2, -0.15) is 0 Å². The molecule has 0 N–H and O–H groups in total. The predicted molar refractivity (Wildman–Crippen MR) is 63.1 cm³/mol. The van der Waals surface area contributed by atoms with E-state index in [2.05, 4.69) is 10.1 Å². The smallest absolute Gasteiger partial charge is 0.218 e. The number of aromatic nitrogens is 3. The van der Waals surface area contributed by atoms with Gasteiger partial charge in [-0.05, 0) is 31.6 Å². The summed E-state index contributed by atoms with van der Waals surface area (Å²) in [5.74, 6) is 1.63. The van der Waals surface area contributed by atoms with Crippen molar-refractivity contribution in [2.45, 2.75) is 44.4 Å². The summed E-state index contributed by atoms with van der Waals surface area (Å²) in [6.07, 6.45) is 7.92. The van der Waals surface area contributed by atoms with Gasteiger partial charge in [0.15, 0.2) is 5.82 Å². The van der Waals surface area contributed by atoms with Crippen LogP contribution >= 0.6 is 0 Å². The first-order valence-corrected chi connectivity index (χ1v) is 7.91. The molecule has 0 saturated heterocycles. The molecular weight excluding hydrogens is 238 g/mol. The van der Waals surface area contributed by atoms with E-state index in [1.165, 1.54) is 6.33 Å². The molecule has 17 heavy (non-hydrogen) atoms. The Bertz CT molecular complexity index is 499. The molecule has 2 aliphatic rings. The van der Waals surface area contributed by atoms with E-state index in [9.17, 15) is 8.42 Å². The third-order valence-corrected chi connectivity index (χ3v) is 5.28. The minimum atomic E-state index is -3.29. The minimum absolute atomic E-state index is 0.223. The van der Waals surface area contributed by atoms with Gasteiger partial charge in [0.2, 0.25) is 0 Å². The maximum Gasteiger partial charge on any atom is 0.255 e. The van der Waals surface area contributed by atoms with Crippen molar-refractivity contribution in [2.75, 3.05) is 5.75 Å². The first-order valence-electron chi connectivity index (χ1n) is 6.30. The van der Waals surface area contributed by atoms with E-state index in [-0.39, 0.29) is 5.75 Å². The molecule has 1 heterocycles. The lowest BCUT2D eigenvalue weighted by atomic mass is 10.1. The van der Waals surface area contributed by atoms with Crippen LogP contribution in [0.25, 0.3) is 0 Å². The summed E-state index contributed by atoms with van der Waals surface area (Å²) in [6.45, 7) is 0. The Hall–Kier alpha value is -0.910. The Kier molecular flexibility index (Phi) is 2.69. The summed E-state index contributed by atoms with van der Waals surface area (Å²) in [5, 5.41) is 4.10. The Morgan fingerprint density at radius 1 is 1.24 bits per heavy atom. The van der Waals surface area contributed by atoms with Gasteiger partial charge >= 0.3 is 0 Å². The molecule has 0 spiro atoms. The van der Waals surface area contributed by atoms with Crippen LogP contribution < -0.4 is 0 Å². The molecule has 0 aliphatic heterocycles. The molecule has 1 aromatic heterocycles. The van der Waals surface area contributed by atoms with Gasteiger partial charge in [0.05, 0.1) is 5.75 Å². The third kappa shape index (κ3) is 2.36. The predicted octanol–water partition coefficient (Wildman–Crippen LogP) is 1.52. The topological polar surface area (TPSA) is 64.8 Å². The van der Waals surface area contributed by atoms with Crippen LogP contribution in [0.4, 0.5) is 0 Å². The fourth-order valence-corrected chi connectivity index (χ4v) is 3.96. The molecule has 2 fully saturated rings. The van der Waals surface area contributed by atoms with Crippen LogP contribution in [0.1, 0.15) is 50.3 Å². The second-order valence-electron chi connectivity index (χ2n) is 5.18. The Labute approximate surface area is 101 Å². The Morgan fingerprint density at radius 2 is 1.94 bits per heavy atom. The molecule has 0 unspecified atom stereocenters. The molecule has 2 saturated carbocycles. The summed E-state index contributed by atoms with van der Waals surface area (Å²) in [6, 6.07) is 0. The molecule has 5 nitrogen and oxygen atoms in total. The second-order valence-corrected chi connectivity index (χ2v) is 7.05. The molecule has 0 bridgehead atoms. The van der Waals surface area contributed by atoms with Crippen molar-refractivity contribution in [3.05, 3.63) is 12.2 Å². The van der Waals surface area contributed by atoms with Gasteiger partial charge in [-0.15, -0.1) is 9.19 Å². The molecule has 1 aromatic rings. The summed E-state index contributed by atoms with van der Waals surface area (Å²) in [4.78, 5) is 4.09. The standard InChI is InChI=1S/C11H17N3O2S/c15-17(16,7-9-3-1-2-4-9)14-8-12-11(13-14)10-5-6-10/h8-10H,1-7H2. The van der Waals surface area contributed by atoms with E-state index in [0.29, 0.717) is 17.7 Å². The van der Waals surface area contributed by atoms with E-state index < -0.39 is 10.0 Å². The minimum Gasteiger partial charge on any atom is -0.218 e. The van der Waals surface area contributed by atoms with Crippen LogP contribution in [0.3, 0.4) is 0 Å². The molecule has 2 aliphatic carbocycles. The van der Waals surface area contributed by atoms with E-state index in [4.69, 9.17) is 0 Å². The fourth-order valence-electron chi connectivity index (χ4n) is 2.48. The molecule has 94 valence electrons. The zero-order valence-electron chi connectivity index (χ0n) is 9.75. The summed E-state index contributed by atoms with van der Waals surface area (Å²) in [7, 11) is -3.29. The van der Waals surface area contributed by atoms with Crippen molar-refractivity contribution in [1.29, 1.82) is 0 Å². The van der Waals surface area contributed by atoms with Gasteiger partial charge in [-0.25, -0.2) is 13.4 Å². The summed E-state index contributed by atoms with van der Waals surface area (Å²) >= 11 is 0. The summed E-state index contributed by atoms with van der Waals surface area (Å²) in [5.41, 5.74) is 0. The quantitative estimate of drug-likeness (QED) is 0.818. The monoisotopic (exact) mass is 255 g/mol. The lowest BCUT2D eigenvalue weighted by Crippen LogP contribution is -2.21. The lowest BCUT2D eigenvalue weighted by molar-refractivity contribution is 0.545. The number of hydrogen-bond acceptors (Lipinski definition) is 4. The van der Waals surface area contributed by atoms with Crippen molar-refractivity contribution >= 4 is 10.0 Å². The van der Waals surface area contributed by atoms with Crippen LogP contribution in [0.2, 0.25) is 0 Å². The number of hydrogen-bond donors (Lipinski definition) is 0. The van der Waals surface area contributed by atoms with Gasteiger partial charge in [0.25, 0.3) is 10.0 Å². The second kappa shape index (κ2) is 4.08. The summed E-state index contributed by atoms with van der Waals surface area (Å²) < 4.78 is 25.3. The Morgan fingerprint density at radius 3 is 2.59 bits per heavy atom. The fraction of sp³-hybridized carbons (Fsp3) is 0.818. The zero-order valence-corrected chi connectivity index (χ0v) is 10.6. The molecule has 0 aromatic carbocycles. The molecule has 0 atom stereocenters. The largest absolute Gasteiger partial charge is 0.255 e. The van der Waals surface area contributed by atoms with Crippen molar-refractivity contribution in [1.82, 2.24) is 14.2 Å². The highest BCUT2D eigenvalue weighted by molar-refractivity contribution is 7.89. The Balaban J connectivity index is 1.75. The SMILES string of the molecule is O=S(=O)(CC1CCCC1)n1cnc(C2CC2)n1.